The van der Waals surface area contributed by atoms with Gasteiger partial charge in [-0.1, -0.05) is 0 Å². The number of halogens is 2. The number of nitrogens with zero attached hydrogens (tertiary/aromatic N) is 8. The number of nitrogen functional groups attached to an aromatic ring is 2. The van der Waals surface area contributed by atoms with E-state index in [-0.39, 0.29) is 40.4 Å². The number of hydrogen-bond acceptors (Lipinski definition) is 21. The van der Waals surface area contributed by atoms with Gasteiger partial charge < -0.3 is 30.2 Å². The van der Waals surface area contributed by atoms with E-state index in [0.29, 0.717) is 0 Å². The van der Waals surface area contributed by atoms with Gasteiger partial charge in [-0.3, -0.25) is 32.3 Å². The quantitative estimate of drug-likeness (QED) is 0.143. The van der Waals surface area contributed by atoms with Gasteiger partial charge in [0, 0.05) is 5.92 Å². The maximum atomic E-state index is 16.9. The van der Waals surface area contributed by atoms with E-state index in [9.17, 15) is 18.7 Å². The maximum Gasteiger partial charge on any atom is 0.478 e. The van der Waals surface area contributed by atoms with Gasteiger partial charge in [0.2, 0.25) is 13.6 Å². The molecule has 3 aliphatic rings. The van der Waals surface area contributed by atoms with E-state index in [4.69, 9.17) is 52.8 Å². The first-order chi connectivity index (χ1) is 28.2. The largest absolute Gasteiger partial charge is 0.478 e. The molecule has 0 aromatic carbocycles. The second-order valence-corrected chi connectivity index (χ2v) is 19.4. The summed E-state index contributed by atoms with van der Waals surface area (Å²) in [5, 5.41) is 0. The Balaban J connectivity index is 1.24. The third-order valence-corrected chi connectivity index (χ3v) is 12.5. The van der Waals surface area contributed by atoms with Crippen LogP contribution >= 0.6 is 15.6 Å². The number of carbonyl (C=O) groups is 2. The molecule has 0 radical (unpaired) electrons. The fourth-order valence-electron chi connectivity index (χ4n) is 6.54. The number of nitrogens with two attached hydrogens (primary N) is 2. The van der Waals surface area contributed by atoms with E-state index in [2.05, 4.69) is 29.9 Å². The van der Waals surface area contributed by atoms with Gasteiger partial charge in [0.25, 0.3) is 0 Å². The number of phosphoric acid groups is 2. The van der Waals surface area contributed by atoms with E-state index in [0.717, 1.165) is 12.7 Å². The van der Waals surface area contributed by atoms with Gasteiger partial charge in [0.15, 0.2) is 35.3 Å². The van der Waals surface area contributed by atoms with E-state index in [1.165, 1.54) is 21.8 Å². The molecule has 328 valence electrons. The molecule has 1 saturated carbocycles. The zero-order chi connectivity index (χ0) is 43.4. The number of anilines is 2. The van der Waals surface area contributed by atoms with Gasteiger partial charge in [-0.2, -0.15) is 0 Å². The third kappa shape index (κ3) is 8.86. The van der Waals surface area contributed by atoms with Crippen LogP contribution in [0.15, 0.2) is 25.3 Å². The number of phosphoric ester groups is 2. The van der Waals surface area contributed by atoms with Crippen LogP contribution in [0.25, 0.3) is 22.3 Å². The summed E-state index contributed by atoms with van der Waals surface area (Å²) < 4.78 is 116. The van der Waals surface area contributed by atoms with Crippen LogP contribution < -0.4 is 11.5 Å². The highest BCUT2D eigenvalue weighted by Crippen LogP contribution is 2.59. The van der Waals surface area contributed by atoms with Crippen LogP contribution in [0.5, 0.6) is 0 Å². The molecule has 0 amide bonds. The normalized spacial score (nSPS) is 31.6. The molecule has 0 bridgehead atoms. The van der Waals surface area contributed by atoms with Crippen LogP contribution in [0.2, 0.25) is 0 Å². The molecular formula is C33H44F2N10O13P2. The Morgan fingerprint density at radius 3 is 1.80 bits per heavy atom. The summed E-state index contributed by atoms with van der Waals surface area (Å²) in [6, 6.07) is -1.16. The van der Waals surface area contributed by atoms with Crippen molar-refractivity contribution >= 4 is 61.5 Å². The number of carbonyl (C=O) groups excluding carboxylic acids is 2. The SMILES string of the molecule is CC(C)(C)C(=O)OCOP1(=O)OC[C@H]2C[C@@H](n3cnc4c(N)ncnc43)[C@@H](F)[C@H]2OP(=O)(OCOC(=O)C(C)(C)C)OC[C@H]2O[C@@H](n3cnc4c(N)ncnc43)[C@@H](F)[C@H]2O1. The lowest BCUT2D eigenvalue weighted by Crippen LogP contribution is -2.36. The molecule has 1 aliphatic carbocycles. The molecule has 2 unspecified atom stereocenters. The average Bonchev–Trinajstić information content (AvgIpc) is 3.94. The molecule has 2 aliphatic heterocycles. The minimum absolute atomic E-state index is 0.0192. The minimum atomic E-state index is -5.03. The van der Waals surface area contributed by atoms with Crippen LogP contribution in [-0.4, -0.2) is 108 Å². The number of fused-ring (bicyclic) bond motifs is 4. The summed E-state index contributed by atoms with van der Waals surface area (Å²) in [6.07, 6.45) is -6.66. The van der Waals surface area contributed by atoms with Crippen molar-refractivity contribution in [2.24, 2.45) is 16.7 Å². The molecule has 6 heterocycles. The number of hydrogen-bond donors (Lipinski definition) is 2. The van der Waals surface area contributed by atoms with Crippen LogP contribution in [0, 0.1) is 16.7 Å². The number of alkyl halides is 2. The van der Waals surface area contributed by atoms with Crippen molar-refractivity contribution in [2.75, 3.05) is 38.3 Å². The molecule has 2 saturated heterocycles. The molecule has 7 rings (SSSR count). The van der Waals surface area contributed by atoms with Crippen molar-refractivity contribution in [3.63, 3.8) is 0 Å². The second-order valence-electron chi connectivity index (χ2n) is 16.2. The molecule has 3 fully saturated rings. The first-order valence-corrected chi connectivity index (χ1v) is 21.4. The summed E-state index contributed by atoms with van der Waals surface area (Å²) in [5.41, 5.74) is 10.4. The van der Waals surface area contributed by atoms with Gasteiger partial charge in [-0.25, -0.2) is 56.9 Å². The van der Waals surface area contributed by atoms with Crippen molar-refractivity contribution in [1.82, 2.24) is 39.0 Å². The third-order valence-electron chi connectivity index (χ3n) is 9.73. The summed E-state index contributed by atoms with van der Waals surface area (Å²) in [5.74, 6) is -2.65. The van der Waals surface area contributed by atoms with Crippen LogP contribution in [0.4, 0.5) is 20.4 Å². The number of imidazole rings is 2. The van der Waals surface area contributed by atoms with Gasteiger partial charge in [0.05, 0.1) is 42.7 Å². The number of ether oxygens (including phenoxy) is 3. The molecule has 4 aromatic heterocycles. The lowest BCUT2D eigenvalue weighted by atomic mass is 9.98. The molecule has 27 heteroatoms. The van der Waals surface area contributed by atoms with E-state index < -0.39 is 114 Å². The van der Waals surface area contributed by atoms with E-state index in [1.807, 2.05) is 0 Å². The fourth-order valence-corrected chi connectivity index (χ4v) is 9.14. The van der Waals surface area contributed by atoms with Gasteiger partial charge in [0.1, 0.15) is 48.2 Å². The maximum absolute atomic E-state index is 16.9. The van der Waals surface area contributed by atoms with Gasteiger partial charge in [-0.15, -0.1) is 0 Å². The van der Waals surface area contributed by atoms with Gasteiger partial charge >= 0.3 is 27.6 Å². The number of esters is 2. The molecule has 0 spiro atoms. The Morgan fingerprint density at radius 1 is 0.750 bits per heavy atom. The van der Waals surface area contributed by atoms with Crippen molar-refractivity contribution in [3.8, 4) is 0 Å². The van der Waals surface area contributed by atoms with Crippen LogP contribution in [0.3, 0.4) is 0 Å². The highest BCUT2D eigenvalue weighted by molar-refractivity contribution is 7.48. The standard InChI is InChI=1S/C33H44F2N10O13P2/c1-32(2,3)30(46)50-14-54-59(48)52-8-16-7-17(44-12-42-21-25(36)38-10-40-27(21)44)19(34)23(16)57-60(49,55-15-51-31(47)33(4,5)6)53-9-18-24(58-59)20(35)29(56-18)45-13-43-22-26(37)39-11-41-28(22)45/h10-13,16-20,23-24,29H,7-9,14-15H2,1-6H3,(H2,36,38,40)(H2,37,39,41)/t16-,17-,18-,19-,20+,23+,24+,29-,59?,60?/m1/s1. The number of rotatable bonds is 8. The van der Waals surface area contributed by atoms with Crippen molar-refractivity contribution < 1.29 is 68.9 Å². The highest BCUT2D eigenvalue weighted by Gasteiger charge is 2.55. The predicted octanol–water partition coefficient (Wildman–Crippen LogP) is 4.13. The van der Waals surface area contributed by atoms with Crippen LogP contribution in [0.1, 0.15) is 60.2 Å². The van der Waals surface area contributed by atoms with Crippen LogP contribution in [-0.2, 0) is 60.1 Å². The smallest absolute Gasteiger partial charge is 0.437 e. The summed E-state index contributed by atoms with van der Waals surface area (Å²) in [6.45, 7) is 5.86. The highest BCUT2D eigenvalue weighted by atomic mass is 31.2. The molecule has 23 nitrogen and oxygen atoms in total. The molecule has 60 heavy (non-hydrogen) atoms. The Bertz CT molecular complexity index is 2180. The summed E-state index contributed by atoms with van der Waals surface area (Å²) in [4.78, 5) is 49.6. The van der Waals surface area contributed by atoms with E-state index >= 15 is 8.78 Å². The lowest BCUT2D eigenvalue weighted by Gasteiger charge is -2.30. The summed E-state index contributed by atoms with van der Waals surface area (Å²) in [7, 11) is -10.1. The predicted molar refractivity (Wildman–Crippen MR) is 200 cm³/mol. The zero-order valence-corrected chi connectivity index (χ0v) is 34.9. The topological polar surface area (TPSA) is 291 Å². The van der Waals surface area contributed by atoms with Crippen molar-refractivity contribution in [3.05, 3.63) is 25.3 Å². The first kappa shape index (κ1) is 43.8. The minimum Gasteiger partial charge on any atom is -0.437 e. The van der Waals surface area contributed by atoms with Crippen molar-refractivity contribution in [1.29, 1.82) is 0 Å². The van der Waals surface area contributed by atoms with Crippen molar-refractivity contribution in [2.45, 2.75) is 90.9 Å². The van der Waals surface area contributed by atoms with Gasteiger partial charge in [-0.05, 0) is 48.0 Å². The molecule has 10 atom stereocenters. The molecule has 4 aromatic rings. The lowest BCUT2D eigenvalue weighted by molar-refractivity contribution is -0.161. The Hall–Kier alpha value is -4.32. The Kier molecular flexibility index (Phi) is 12.0. The molecule has 4 N–H and O–H groups in total. The first-order valence-electron chi connectivity index (χ1n) is 18.5. The zero-order valence-electron chi connectivity index (χ0n) is 33.2. The fraction of sp³-hybridized carbons (Fsp3) is 0.636. The monoisotopic (exact) mass is 888 g/mol. The Morgan fingerprint density at radius 2 is 1.25 bits per heavy atom. The average molecular weight is 889 g/mol. The van der Waals surface area contributed by atoms with E-state index in [1.54, 1.807) is 41.5 Å². The second kappa shape index (κ2) is 16.5. The Labute approximate surface area is 340 Å². The number of aromatic nitrogens is 8. The summed E-state index contributed by atoms with van der Waals surface area (Å²) >= 11 is 0. The molecular weight excluding hydrogens is 844 g/mol.